The molecule has 0 saturated heterocycles. The summed E-state index contributed by atoms with van der Waals surface area (Å²) >= 11 is 5.74. The van der Waals surface area contributed by atoms with Gasteiger partial charge in [-0.2, -0.15) is 0 Å². The molecule has 88 valence electrons. The minimum absolute atomic E-state index is 0.239. The van der Waals surface area contributed by atoms with Gasteiger partial charge in [-0.1, -0.05) is 11.6 Å². The number of amides is 2. The van der Waals surface area contributed by atoms with Gasteiger partial charge in [-0.3, -0.25) is 19.8 Å². The van der Waals surface area contributed by atoms with Crippen molar-refractivity contribution in [1.82, 2.24) is 5.43 Å². The Morgan fingerprint density at radius 1 is 1.41 bits per heavy atom. The zero-order valence-corrected chi connectivity index (χ0v) is 9.25. The number of benzene rings is 1. The molecule has 1 unspecified atom stereocenters. The number of ketones is 1. The van der Waals surface area contributed by atoms with Crippen LogP contribution in [0.5, 0.6) is 0 Å². The highest BCUT2D eigenvalue weighted by molar-refractivity contribution is 6.33. The van der Waals surface area contributed by atoms with Gasteiger partial charge in [0.05, 0.1) is 5.69 Å². The average Bonchev–Trinajstić information content (AvgIpc) is 2.28. The number of Topliss-reactive ketones (excluding diaryl/α,β-unsaturated/α-hetero) is 1. The molecule has 0 saturated carbocycles. The SMILES string of the molecule is NNC(=O)C1C(=O)Nc2cc(Cl)ccc2C1=O. The fourth-order valence-electron chi connectivity index (χ4n) is 1.64. The van der Waals surface area contributed by atoms with Crippen LogP contribution in [0.25, 0.3) is 0 Å². The highest BCUT2D eigenvalue weighted by Crippen LogP contribution is 2.28. The number of carbonyl (C=O) groups excluding carboxylic acids is 3. The monoisotopic (exact) mass is 253 g/mol. The van der Waals surface area contributed by atoms with E-state index >= 15 is 0 Å². The van der Waals surface area contributed by atoms with Gasteiger partial charge in [-0.25, -0.2) is 5.84 Å². The molecule has 0 bridgehead atoms. The van der Waals surface area contributed by atoms with Crippen molar-refractivity contribution < 1.29 is 14.4 Å². The van der Waals surface area contributed by atoms with Gasteiger partial charge in [0, 0.05) is 10.6 Å². The standard InChI is InChI=1S/C10H8ClN3O3/c11-4-1-2-5-6(3-4)13-9(16)7(8(5)15)10(17)14-12/h1-3,7H,12H2,(H,13,16)(H,14,17). The first-order chi connectivity index (χ1) is 8.04. The summed E-state index contributed by atoms with van der Waals surface area (Å²) in [6.07, 6.45) is 0. The smallest absolute Gasteiger partial charge is 0.254 e. The van der Waals surface area contributed by atoms with Gasteiger partial charge in [0.2, 0.25) is 5.91 Å². The maximum atomic E-state index is 11.9. The molecule has 2 rings (SSSR count). The van der Waals surface area contributed by atoms with Crippen molar-refractivity contribution in [3.05, 3.63) is 28.8 Å². The van der Waals surface area contributed by atoms with Crippen LogP contribution in [0, 0.1) is 5.92 Å². The molecule has 1 aromatic rings. The van der Waals surface area contributed by atoms with Gasteiger partial charge in [-0.05, 0) is 18.2 Å². The maximum Gasteiger partial charge on any atom is 0.254 e. The minimum Gasteiger partial charge on any atom is -0.324 e. The first-order valence-corrected chi connectivity index (χ1v) is 5.07. The number of hydrogen-bond donors (Lipinski definition) is 3. The van der Waals surface area contributed by atoms with Crippen LogP contribution in [0.3, 0.4) is 0 Å². The molecule has 1 heterocycles. The number of nitrogens with two attached hydrogens (primary N) is 1. The first-order valence-electron chi connectivity index (χ1n) is 4.69. The molecule has 1 aliphatic rings. The van der Waals surface area contributed by atoms with Gasteiger partial charge >= 0.3 is 0 Å². The van der Waals surface area contributed by atoms with Gasteiger partial charge in [-0.15, -0.1) is 0 Å². The van der Waals surface area contributed by atoms with Crippen molar-refractivity contribution in [2.45, 2.75) is 0 Å². The van der Waals surface area contributed by atoms with Gasteiger partial charge in [0.25, 0.3) is 5.91 Å². The summed E-state index contributed by atoms with van der Waals surface area (Å²) in [5, 5.41) is 2.82. The fourth-order valence-corrected chi connectivity index (χ4v) is 1.81. The fraction of sp³-hybridized carbons (Fsp3) is 0.100. The summed E-state index contributed by atoms with van der Waals surface area (Å²) in [6, 6.07) is 4.41. The van der Waals surface area contributed by atoms with Crippen LogP contribution < -0.4 is 16.6 Å². The molecule has 0 radical (unpaired) electrons. The number of carbonyl (C=O) groups is 3. The van der Waals surface area contributed by atoms with Crippen molar-refractivity contribution in [3.8, 4) is 0 Å². The lowest BCUT2D eigenvalue weighted by atomic mass is 9.91. The van der Waals surface area contributed by atoms with E-state index in [4.69, 9.17) is 17.4 Å². The van der Waals surface area contributed by atoms with E-state index in [1.165, 1.54) is 18.2 Å². The third kappa shape index (κ3) is 1.88. The lowest BCUT2D eigenvalue weighted by Gasteiger charge is -2.22. The van der Waals surface area contributed by atoms with Crippen LogP contribution in [-0.2, 0) is 9.59 Å². The Morgan fingerprint density at radius 3 is 2.76 bits per heavy atom. The van der Waals surface area contributed by atoms with E-state index in [-0.39, 0.29) is 5.56 Å². The van der Waals surface area contributed by atoms with E-state index in [0.717, 1.165) is 0 Å². The number of rotatable bonds is 1. The van der Waals surface area contributed by atoms with Crippen molar-refractivity contribution in [1.29, 1.82) is 0 Å². The third-order valence-corrected chi connectivity index (χ3v) is 2.67. The molecule has 1 aliphatic heterocycles. The molecule has 4 N–H and O–H groups in total. The molecule has 1 atom stereocenters. The average molecular weight is 254 g/mol. The summed E-state index contributed by atoms with van der Waals surface area (Å²) in [5.74, 6) is 1.32. The first kappa shape index (κ1) is 11.6. The molecule has 7 heteroatoms. The predicted octanol–water partition coefficient (Wildman–Crippen LogP) is 0.0809. The second-order valence-corrected chi connectivity index (χ2v) is 3.92. The lowest BCUT2D eigenvalue weighted by Crippen LogP contribution is -2.47. The number of fused-ring (bicyclic) bond motifs is 1. The van der Waals surface area contributed by atoms with Crippen LogP contribution in [0.1, 0.15) is 10.4 Å². The van der Waals surface area contributed by atoms with Crippen LogP contribution in [-0.4, -0.2) is 17.6 Å². The molecule has 0 spiro atoms. The largest absolute Gasteiger partial charge is 0.324 e. The summed E-state index contributed by atoms with van der Waals surface area (Å²) < 4.78 is 0. The van der Waals surface area contributed by atoms with E-state index in [0.29, 0.717) is 10.7 Å². The molecule has 6 nitrogen and oxygen atoms in total. The second-order valence-electron chi connectivity index (χ2n) is 3.49. The van der Waals surface area contributed by atoms with Gasteiger partial charge < -0.3 is 5.32 Å². The Balaban J connectivity index is 2.47. The Labute approximate surface area is 101 Å². The molecule has 2 amide bonds. The maximum absolute atomic E-state index is 11.9. The molecule has 17 heavy (non-hydrogen) atoms. The highest BCUT2D eigenvalue weighted by atomic mass is 35.5. The lowest BCUT2D eigenvalue weighted by molar-refractivity contribution is -0.130. The quantitative estimate of drug-likeness (QED) is 0.285. The second kappa shape index (κ2) is 4.15. The normalized spacial score (nSPS) is 18.4. The number of hydrazine groups is 1. The predicted molar refractivity (Wildman–Crippen MR) is 60.2 cm³/mol. The molecule has 0 aromatic heterocycles. The zero-order chi connectivity index (χ0) is 12.6. The van der Waals surface area contributed by atoms with E-state index < -0.39 is 23.5 Å². The minimum atomic E-state index is -1.45. The number of nitrogens with one attached hydrogen (secondary N) is 2. The zero-order valence-electron chi connectivity index (χ0n) is 8.49. The summed E-state index contributed by atoms with van der Waals surface area (Å²) in [6.45, 7) is 0. The molecular formula is C10H8ClN3O3. The van der Waals surface area contributed by atoms with Crippen molar-refractivity contribution in [3.63, 3.8) is 0 Å². The van der Waals surface area contributed by atoms with Crippen LogP contribution in [0.2, 0.25) is 5.02 Å². The molecule has 0 aliphatic carbocycles. The van der Waals surface area contributed by atoms with Crippen LogP contribution >= 0.6 is 11.6 Å². The Bertz CT molecular complexity index is 530. The van der Waals surface area contributed by atoms with E-state index in [1.807, 2.05) is 0 Å². The number of halogens is 1. The third-order valence-electron chi connectivity index (χ3n) is 2.43. The number of hydrogen-bond acceptors (Lipinski definition) is 4. The summed E-state index contributed by atoms with van der Waals surface area (Å²) in [4.78, 5) is 34.8. The summed E-state index contributed by atoms with van der Waals surface area (Å²) in [5.41, 5.74) is 2.33. The van der Waals surface area contributed by atoms with Crippen molar-refractivity contribution in [2.75, 3.05) is 5.32 Å². The van der Waals surface area contributed by atoms with E-state index in [9.17, 15) is 14.4 Å². The summed E-state index contributed by atoms with van der Waals surface area (Å²) in [7, 11) is 0. The highest BCUT2D eigenvalue weighted by Gasteiger charge is 2.39. The Hall–Kier alpha value is -1.92. The molecule has 1 aromatic carbocycles. The van der Waals surface area contributed by atoms with Crippen LogP contribution in [0.15, 0.2) is 18.2 Å². The van der Waals surface area contributed by atoms with Gasteiger partial charge in [0.1, 0.15) is 0 Å². The molecular weight excluding hydrogens is 246 g/mol. The Kier molecular flexibility index (Phi) is 2.83. The van der Waals surface area contributed by atoms with Crippen LogP contribution in [0.4, 0.5) is 5.69 Å². The molecule has 0 fully saturated rings. The Morgan fingerprint density at radius 2 is 2.12 bits per heavy atom. The van der Waals surface area contributed by atoms with E-state index in [1.54, 1.807) is 5.43 Å². The van der Waals surface area contributed by atoms with Crippen molar-refractivity contribution >= 4 is 34.9 Å². The number of anilines is 1. The van der Waals surface area contributed by atoms with Crippen molar-refractivity contribution in [2.24, 2.45) is 11.8 Å². The van der Waals surface area contributed by atoms with E-state index in [2.05, 4.69) is 5.32 Å². The topological polar surface area (TPSA) is 101 Å². The van der Waals surface area contributed by atoms with Gasteiger partial charge in [0.15, 0.2) is 11.7 Å².